The van der Waals surface area contributed by atoms with Crippen molar-refractivity contribution in [3.63, 3.8) is 0 Å². The minimum atomic E-state index is -0.302. The van der Waals surface area contributed by atoms with Crippen molar-refractivity contribution in [2.24, 2.45) is 5.92 Å². The van der Waals surface area contributed by atoms with Crippen molar-refractivity contribution in [1.29, 1.82) is 0 Å². The van der Waals surface area contributed by atoms with E-state index in [2.05, 4.69) is 38.4 Å². The van der Waals surface area contributed by atoms with E-state index in [0.717, 1.165) is 44.9 Å². The van der Waals surface area contributed by atoms with E-state index in [-0.39, 0.29) is 49.1 Å². The first-order chi connectivity index (χ1) is 18.0. The number of hydrogen-bond acceptors (Lipinski definition) is 8. The van der Waals surface area contributed by atoms with Gasteiger partial charge in [-0.25, -0.2) is 0 Å². The predicted octanol–water partition coefficient (Wildman–Crippen LogP) is 1.25. The lowest BCUT2D eigenvalue weighted by molar-refractivity contribution is -0.124. The van der Waals surface area contributed by atoms with Gasteiger partial charge in [0.05, 0.1) is 13.2 Å². The molecule has 0 aromatic heterocycles. The molecule has 0 aliphatic heterocycles. The summed E-state index contributed by atoms with van der Waals surface area (Å²) in [6.45, 7) is 2.62. The molecule has 0 saturated heterocycles. The fourth-order valence-corrected chi connectivity index (χ4v) is 3.89. The Morgan fingerprint density at radius 3 is 2.19 bits per heavy atom. The van der Waals surface area contributed by atoms with E-state index in [1.807, 2.05) is 0 Å². The number of amides is 4. The molecule has 2 atom stereocenters. The Kier molecular flexibility index (Phi) is 24.4. The molecule has 37 heavy (non-hydrogen) atoms. The number of unbranched alkanes of at least 4 members (excludes halogenated alkanes) is 3. The first kappa shape index (κ1) is 35.1. The van der Waals surface area contributed by atoms with Crippen molar-refractivity contribution in [1.82, 2.24) is 21.3 Å². The molecule has 2 unspecified atom stereocenters. The largest absolute Gasteiger partial charge is 0.396 e. The molecule has 0 bridgehead atoms. The zero-order chi connectivity index (χ0) is 27.6. The van der Waals surface area contributed by atoms with Crippen molar-refractivity contribution in [3.8, 4) is 0 Å². The summed E-state index contributed by atoms with van der Waals surface area (Å²) in [6, 6.07) is -0.302. The summed E-state index contributed by atoms with van der Waals surface area (Å²) in [7, 11) is 1.61. The zero-order valence-corrected chi connectivity index (χ0v) is 23.2. The van der Waals surface area contributed by atoms with Gasteiger partial charge in [-0.1, -0.05) is 6.42 Å². The van der Waals surface area contributed by atoms with Crippen LogP contribution in [0, 0.1) is 5.92 Å². The van der Waals surface area contributed by atoms with Gasteiger partial charge in [-0.05, 0) is 64.3 Å². The van der Waals surface area contributed by atoms with Crippen LogP contribution in [0.2, 0.25) is 0 Å². The summed E-state index contributed by atoms with van der Waals surface area (Å²) >= 11 is 3.67. The summed E-state index contributed by atoms with van der Waals surface area (Å²) in [5.74, 6) is -0.168. The van der Waals surface area contributed by atoms with Crippen molar-refractivity contribution >= 4 is 37.0 Å². The number of ether oxygens (including phenoxy) is 1. The molecule has 216 valence electrons. The van der Waals surface area contributed by atoms with Gasteiger partial charge in [0.25, 0.3) is 0 Å². The highest BCUT2D eigenvalue weighted by Crippen LogP contribution is 2.09. The second kappa shape index (κ2) is 25.7. The van der Waals surface area contributed by atoms with Gasteiger partial charge in [0, 0.05) is 64.6 Å². The van der Waals surface area contributed by atoms with Crippen LogP contribution in [-0.4, -0.2) is 81.8 Å². The molecule has 11 nitrogen and oxygen atoms in total. The third-order valence-corrected chi connectivity index (χ3v) is 6.00. The van der Waals surface area contributed by atoms with E-state index in [1.165, 1.54) is 0 Å². The Hall–Kier alpha value is -1.89. The van der Waals surface area contributed by atoms with Crippen LogP contribution in [0.5, 0.6) is 0 Å². The molecule has 0 aliphatic carbocycles. The number of nitrogens with one attached hydrogen (secondary N) is 4. The second-order valence-electron chi connectivity index (χ2n) is 9.13. The van der Waals surface area contributed by atoms with Crippen LogP contribution in [0.15, 0.2) is 0 Å². The van der Waals surface area contributed by atoms with Gasteiger partial charge in [0.15, 0.2) is 0 Å². The van der Waals surface area contributed by atoms with E-state index >= 15 is 0 Å². The summed E-state index contributed by atoms with van der Waals surface area (Å²) < 4.78 is 9.75. The summed E-state index contributed by atoms with van der Waals surface area (Å²) in [5, 5.41) is 20.6. The van der Waals surface area contributed by atoms with Crippen LogP contribution in [0.1, 0.15) is 77.0 Å². The monoisotopic (exact) mass is 548 g/mol. The lowest BCUT2D eigenvalue weighted by Crippen LogP contribution is -2.39. The molecule has 0 aliphatic rings. The molecule has 0 aromatic carbocycles. The van der Waals surface area contributed by atoms with Crippen LogP contribution in [0.3, 0.4) is 0 Å². The topological polar surface area (TPSA) is 155 Å². The van der Waals surface area contributed by atoms with Crippen molar-refractivity contribution in [3.05, 3.63) is 0 Å². The second-order valence-corrected chi connectivity index (χ2v) is 9.39. The number of carbonyl (C=O) groups excluding carboxylic acids is 4. The molecular formula is C25H48N4O7S. The molecule has 0 saturated carbocycles. The number of aliphatic hydroxyl groups is 1. The molecule has 0 rings (SSSR count). The third kappa shape index (κ3) is 23.0. The Morgan fingerprint density at radius 2 is 1.54 bits per heavy atom. The van der Waals surface area contributed by atoms with E-state index in [1.54, 1.807) is 7.11 Å². The Labute approximate surface area is 227 Å². The maximum Gasteiger partial charge on any atom is 0.222 e. The van der Waals surface area contributed by atoms with Gasteiger partial charge in [-0.15, -0.1) is 0 Å². The number of hydrogen-bond donors (Lipinski definition) is 6. The summed E-state index contributed by atoms with van der Waals surface area (Å²) in [4.78, 5) is 47.0. The van der Waals surface area contributed by atoms with E-state index in [0.29, 0.717) is 58.5 Å². The van der Waals surface area contributed by atoms with Gasteiger partial charge in [0.1, 0.15) is 0 Å². The van der Waals surface area contributed by atoms with Gasteiger partial charge in [-0.2, -0.15) is 0 Å². The SMILES string of the molecule is COCC(CO)CCCCNC(=O)CC(CCCCNC(=O)CCCCOS)NC(=O)CCCNC=O. The van der Waals surface area contributed by atoms with E-state index in [4.69, 9.17) is 4.74 Å². The van der Waals surface area contributed by atoms with Crippen molar-refractivity contribution < 1.29 is 33.2 Å². The third-order valence-electron chi connectivity index (χ3n) is 5.82. The first-order valence-corrected chi connectivity index (χ1v) is 13.7. The molecule has 0 aromatic rings. The molecule has 12 heteroatoms. The highest BCUT2D eigenvalue weighted by Gasteiger charge is 2.16. The lowest BCUT2D eigenvalue weighted by Gasteiger charge is -2.19. The Bertz CT molecular complexity index is 614. The predicted molar refractivity (Wildman–Crippen MR) is 145 cm³/mol. The zero-order valence-electron chi connectivity index (χ0n) is 22.3. The van der Waals surface area contributed by atoms with Gasteiger partial charge in [0.2, 0.25) is 24.1 Å². The van der Waals surface area contributed by atoms with Crippen LogP contribution in [0.25, 0.3) is 0 Å². The Balaban J connectivity index is 4.38. The fourth-order valence-electron chi connectivity index (χ4n) is 3.76. The maximum absolute atomic E-state index is 12.5. The van der Waals surface area contributed by atoms with Crippen molar-refractivity contribution in [2.75, 3.05) is 46.6 Å². The number of rotatable bonds is 26. The molecular weight excluding hydrogens is 500 g/mol. The molecule has 0 radical (unpaired) electrons. The average molecular weight is 549 g/mol. The first-order valence-electron chi connectivity index (χ1n) is 13.3. The average Bonchev–Trinajstić information content (AvgIpc) is 2.88. The quantitative estimate of drug-likeness (QED) is 0.0411. The number of carbonyl (C=O) groups is 4. The molecule has 0 fully saturated rings. The highest BCUT2D eigenvalue weighted by molar-refractivity contribution is 7.75. The summed E-state index contributed by atoms with van der Waals surface area (Å²) in [5.41, 5.74) is 0. The highest BCUT2D eigenvalue weighted by atomic mass is 32.1. The Morgan fingerprint density at radius 1 is 0.865 bits per heavy atom. The number of aliphatic hydroxyl groups excluding tert-OH is 1. The molecule has 0 heterocycles. The lowest BCUT2D eigenvalue weighted by atomic mass is 10.0. The van der Waals surface area contributed by atoms with Crippen molar-refractivity contribution in [2.45, 2.75) is 83.1 Å². The summed E-state index contributed by atoms with van der Waals surface area (Å²) in [6.07, 6.45) is 8.16. The minimum absolute atomic E-state index is 0.000132. The number of thiol groups is 1. The van der Waals surface area contributed by atoms with Crippen LogP contribution in [-0.2, 0) is 28.1 Å². The van der Waals surface area contributed by atoms with Gasteiger partial charge < -0.3 is 35.3 Å². The van der Waals surface area contributed by atoms with Crippen LogP contribution >= 0.6 is 12.9 Å². The molecule has 4 amide bonds. The standard InChI is InChI=1S/C25H48N4O7S/c1-35-19-21(18-30)9-2-5-15-28-25(34)17-22(29-24(33)12-8-13-26-20-31)10-3-6-14-27-23(32)11-4-7-16-36-37/h20-22,30,37H,2-19H2,1H3,(H,26,31)(H,27,32)(H,28,34)(H,29,33). The van der Waals surface area contributed by atoms with Crippen LogP contribution in [0.4, 0.5) is 0 Å². The molecule has 5 N–H and O–H groups in total. The fraction of sp³-hybridized carbons (Fsp3) is 0.840. The minimum Gasteiger partial charge on any atom is -0.396 e. The van der Waals surface area contributed by atoms with Crippen LogP contribution < -0.4 is 21.3 Å². The number of methoxy groups -OCH3 is 1. The normalized spacial score (nSPS) is 12.4. The smallest absolute Gasteiger partial charge is 0.222 e. The maximum atomic E-state index is 12.5. The van der Waals surface area contributed by atoms with Gasteiger partial charge in [-0.3, -0.25) is 19.2 Å². The van der Waals surface area contributed by atoms with Gasteiger partial charge >= 0.3 is 0 Å². The van der Waals surface area contributed by atoms with E-state index in [9.17, 15) is 24.3 Å². The van der Waals surface area contributed by atoms with E-state index < -0.39 is 0 Å². The molecule has 0 spiro atoms.